The fourth-order valence-electron chi connectivity index (χ4n) is 2.59. The number of morpholine rings is 1. The van der Waals surface area contributed by atoms with Gasteiger partial charge in [0.05, 0.1) is 13.2 Å². The number of hydrogen-bond acceptors (Lipinski definition) is 4. The average Bonchev–Trinajstić information content (AvgIpc) is 3.37. The van der Waals surface area contributed by atoms with Crippen LogP contribution < -0.4 is 5.32 Å². The third-order valence-electron chi connectivity index (χ3n) is 4.26. The number of anilines is 1. The van der Waals surface area contributed by atoms with Crippen molar-refractivity contribution < 1.29 is 24.2 Å². The van der Waals surface area contributed by atoms with Crippen molar-refractivity contribution in [2.45, 2.75) is 12.8 Å². The molecular formula is C16H18N2O5. The van der Waals surface area contributed by atoms with Crippen molar-refractivity contribution in [2.24, 2.45) is 5.41 Å². The zero-order valence-electron chi connectivity index (χ0n) is 12.6. The molecule has 2 amide bonds. The maximum atomic E-state index is 12.4. The normalized spacial score (nSPS) is 19.0. The third-order valence-corrected chi connectivity index (χ3v) is 4.26. The van der Waals surface area contributed by atoms with Gasteiger partial charge in [0.15, 0.2) is 0 Å². The van der Waals surface area contributed by atoms with E-state index in [4.69, 9.17) is 9.84 Å². The lowest BCUT2D eigenvalue weighted by Crippen LogP contribution is -2.40. The number of benzene rings is 1. The summed E-state index contributed by atoms with van der Waals surface area (Å²) >= 11 is 0. The molecular weight excluding hydrogens is 300 g/mol. The van der Waals surface area contributed by atoms with Crippen molar-refractivity contribution in [1.82, 2.24) is 4.90 Å². The molecule has 0 spiro atoms. The summed E-state index contributed by atoms with van der Waals surface area (Å²) in [5, 5.41) is 11.7. The van der Waals surface area contributed by atoms with Crippen molar-refractivity contribution in [1.29, 1.82) is 0 Å². The smallest absolute Gasteiger partial charge is 0.319 e. The summed E-state index contributed by atoms with van der Waals surface area (Å²) in [6.07, 6.45) is 0.696. The van der Waals surface area contributed by atoms with Gasteiger partial charge in [0.2, 0.25) is 5.91 Å². The molecule has 7 heteroatoms. The van der Waals surface area contributed by atoms with Gasteiger partial charge in [-0.1, -0.05) is 6.07 Å². The Hall–Kier alpha value is -2.41. The molecule has 0 bridgehead atoms. The highest BCUT2D eigenvalue weighted by molar-refractivity contribution is 6.11. The van der Waals surface area contributed by atoms with Gasteiger partial charge in [0, 0.05) is 24.3 Å². The molecule has 0 radical (unpaired) electrons. The highest BCUT2D eigenvalue weighted by atomic mass is 16.5. The number of amides is 2. The SMILES string of the molecule is O=C(c1cccc(NC(=O)C2(C(=O)O)CC2)c1)N1CCOCC1. The van der Waals surface area contributed by atoms with Gasteiger partial charge in [-0.15, -0.1) is 0 Å². The first-order valence-electron chi connectivity index (χ1n) is 7.55. The molecule has 2 aliphatic rings. The van der Waals surface area contributed by atoms with Gasteiger partial charge in [0.25, 0.3) is 5.91 Å². The molecule has 3 rings (SSSR count). The number of carboxylic acids is 1. The first-order valence-corrected chi connectivity index (χ1v) is 7.55. The van der Waals surface area contributed by atoms with Crippen LogP contribution in [-0.4, -0.2) is 54.1 Å². The van der Waals surface area contributed by atoms with E-state index in [9.17, 15) is 14.4 Å². The maximum Gasteiger partial charge on any atom is 0.319 e. The summed E-state index contributed by atoms with van der Waals surface area (Å²) in [4.78, 5) is 37.4. The van der Waals surface area contributed by atoms with Crippen molar-refractivity contribution in [2.75, 3.05) is 31.6 Å². The lowest BCUT2D eigenvalue weighted by Gasteiger charge is -2.27. The number of carbonyl (C=O) groups is 3. The van der Waals surface area contributed by atoms with Crippen LogP contribution in [0.15, 0.2) is 24.3 Å². The lowest BCUT2D eigenvalue weighted by molar-refractivity contribution is -0.147. The van der Waals surface area contributed by atoms with Gasteiger partial charge in [0.1, 0.15) is 5.41 Å². The number of nitrogens with zero attached hydrogens (tertiary/aromatic N) is 1. The van der Waals surface area contributed by atoms with Crippen molar-refractivity contribution in [3.8, 4) is 0 Å². The van der Waals surface area contributed by atoms with Gasteiger partial charge in [-0.05, 0) is 31.0 Å². The monoisotopic (exact) mass is 318 g/mol. The Morgan fingerprint density at radius 3 is 2.48 bits per heavy atom. The molecule has 1 aliphatic carbocycles. The predicted molar refractivity (Wildman–Crippen MR) is 81.1 cm³/mol. The number of carbonyl (C=O) groups excluding carboxylic acids is 2. The highest BCUT2D eigenvalue weighted by Gasteiger charge is 2.57. The molecule has 2 fully saturated rings. The van der Waals surface area contributed by atoms with Crippen LogP contribution >= 0.6 is 0 Å². The number of rotatable bonds is 4. The predicted octanol–water partition coefficient (Wildman–Crippen LogP) is 0.962. The van der Waals surface area contributed by atoms with Crippen LogP contribution in [-0.2, 0) is 14.3 Å². The first kappa shape index (κ1) is 15.5. The van der Waals surface area contributed by atoms with Crippen LogP contribution in [0.25, 0.3) is 0 Å². The average molecular weight is 318 g/mol. The number of aliphatic carboxylic acids is 1. The molecule has 0 atom stereocenters. The summed E-state index contributed by atoms with van der Waals surface area (Å²) in [6.45, 7) is 2.11. The maximum absolute atomic E-state index is 12.4. The van der Waals surface area contributed by atoms with E-state index >= 15 is 0 Å². The molecule has 1 aromatic rings. The molecule has 1 aromatic carbocycles. The van der Waals surface area contributed by atoms with E-state index < -0.39 is 17.3 Å². The topological polar surface area (TPSA) is 95.9 Å². The zero-order chi connectivity index (χ0) is 16.4. The van der Waals surface area contributed by atoms with Crippen molar-refractivity contribution in [3.05, 3.63) is 29.8 Å². The fraction of sp³-hybridized carbons (Fsp3) is 0.438. The van der Waals surface area contributed by atoms with Crippen LogP contribution in [0.5, 0.6) is 0 Å². The molecule has 1 heterocycles. The van der Waals surface area contributed by atoms with Gasteiger partial charge >= 0.3 is 5.97 Å². The molecule has 0 unspecified atom stereocenters. The van der Waals surface area contributed by atoms with E-state index in [0.717, 1.165) is 0 Å². The van der Waals surface area contributed by atoms with Crippen LogP contribution in [0.4, 0.5) is 5.69 Å². The molecule has 23 heavy (non-hydrogen) atoms. The Labute approximate surface area is 133 Å². The van der Waals surface area contributed by atoms with E-state index in [-0.39, 0.29) is 5.91 Å². The highest BCUT2D eigenvalue weighted by Crippen LogP contribution is 2.46. The quantitative estimate of drug-likeness (QED) is 0.806. The third kappa shape index (κ3) is 3.05. The van der Waals surface area contributed by atoms with E-state index in [1.54, 1.807) is 29.2 Å². The second-order valence-corrected chi connectivity index (χ2v) is 5.83. The fourth-order valence-corrected chi connectivity index (χ4v) is 2.59. The first-order chi connectivity index (χ1) is 11.0. The minimum atomic E-state index is -1.30. The van der Waals surface area contributed by atoms with Gasteiger partial charge in [-0.3, -0.25) is 14.4 Å². The molecule has 2 N–H and O–H groups in total. The summed E-state index contributed by atoms with van der Waals surface area (Å²) in [6, 6.07) is 6.57. The molecule has 122 valence electrons. The summed E-state index contributed by atoms with van der Waals surface area (Å²) < 4.78 is 5.22. The minimum Gasteiger partial charge on any atom is -0.480 e. The molecule has 1 aliphatic heterocycles. The van der Waals surface area contributed by atoms with Gasteiger partial charge in [-0.25, -0.2) is 0 Å². The van der Waals surface area contributed by atoms with Crippen LogP contribution in [0, 0.1) is 5.41 Å². The molecule has 1 saturated carbocycles. The summed E-state index contributed by atoms with van der Waals surface area (Å²) in [7, 11) is 0. The summed E-state index contributed by atoms with van der Waals surface area (Å²) in [5.41, 5.74) is -0.406. The van der Waals surface area contributed by atoms with Crippen LogP contribution in [0.3, 0.4) is 0 Å². The number of hydrogen-bond donors (Lipinski definition) is 2. The lowest BCUT2D eigenvalue weighted by atomic mass is 10.1. The van der Waals surface area contributed by atoms with Crippen molar-refractivity contribution >= 4 is 23.5 Å². The second-order valence-electron chi connectivity index (χ2n) is 5.83. The standard InChI is InChI=1S/C16H18N2O5/c19-13(18-6-8-23-9-7-18)11-2-1-3-12(10-11)17-14(20)16(4-5-16)15(21)22/h1-3,10H,4-9H2,(H,17,20)(H,21,22). The zero-order valence-corrected chi connectivity index (χ0v) is 12.6. The Kier molecular flexibility index (Phi) is 4.04. The number of ether oxygens (including phenoxy) is 1. The molecule has 7 nitrogen and oxygen atoms in total. The molecule has 0 aromatic heterocycles. The second kappa shape index (κ2) is 6.00. The largest absolute Gasteiger partial charge is 0.480 e. The van der Waals surface area contributed by atoms with E-state index in [0.29, 0.717) is 50.4 Å². The Morgan fingerprint density at radius 1 is 1.17 bits per heavy atom. The Balaban J connectivity index is 1.71. The van der Waals surface area contributed by atoms with Gasteiger partial charge < -0.3 is 20.1 Å². The van der Waals surface area contributed by atoms with Crippen LogP contribution in [0.2, 0.25) is 0 Å². The Morgan fingerprint density at radius 2 is 1.87 bits per heavy atom. The van der Waals surface area contributed by atoms with E-state index in [1.165, 1.54) is 0 Å². The number of carboxylic acid groups (broad SMARTS) is 1. The van der Waals surface area contributed by atoms with E-state index in [1.807, 2.05) is 0 Å². The summed E-state index contributed by atoms with van der Waals surface area (Å²) in [5.74, 6) is -1.75. The van der Waals surface area contributed by atoms with Crippen molar-refractivity contribution in [3.63, 3.8) is 0 Å². The Bertz CT molecular complexity index is 648. The van der Waals surface area contributed by atoms with E-state index in [2.05, 4.69) is 5.32 Å². The van der Waals surface area contributed by atoms with Crippen LogP contribution in [0.1, 0.15) is 23.2 Å². The van der Waals surface area contributed by atoms with Gasteiger partial charge in [-0.2, -0.15) is 0 Å². The molecule has 1 saturated heterocycles. The number of nitrogens with one attached hydrogen (secondary N) is 1. The minimum absolute atomic E-state index is 0.122.